The molecule has 0 radical (unpaired) electrons. The summed E-state index contributed by atoms with van der Waals surface area (Å²) in [5.41, 5.74) is 1.99. The lowest BCUT2D eigenvalue weighted by Gasteiger charge is -2.17. The number of ether oxygens (including phenoxy) is 2. The third kappa shape index (κ3) is 4.33. The highest BCUT2D eigenvalue weighted by molar-refractivity contribution is 5.96. The zero-order chi connectivity index (χ0) is 18.5. The van der Waals surface area contributed by atoms with Crippen LogP contribution in [0.25, 0.3) is 0 Å². The first kappa shape index (κ1) is 17.8. The number of nitrogens with zero attached hydrogens (tertiary/aromatic N) is 1. The minimum atomic E-state index is -0.246. The monoisotopic (exact) mass is 354 g/mol. The van der Waals surface area contributed by atoms with Crippen LogP contribution in [0.3, 0.4) is 0 Å². The quantitative estimate of drug-likeness (QED) is 0.864. The van der Waals surface area contributed by atoms with Gasteiger partial charge in [-0.2, -0.15) is 0 Å². The molecule has 1 saturated heterocycles. The molecule has 0 aromatic heterocycles. The van der Waals surface area contributed by atoms with Crippen molar-refractivity contribution in [2.45, 2.75) is 19.4 Å². The Labute approximate surface area is 152 Å². The van der Waals surface area contributed by atoms with Crippen LogP contribution in [0, 0.1) is 6.92 Å². The van der Waals surface area contributed by atoms with Gasteiger partial charge in [-0.3, -0.25) is 9.59 Å². The highest BCUT2D eigenvalue weighted by atomic mass is 16.5. The highest BCUT2D eigenvalue weighted by Crippen LogP contribution is 2.22. The van der Waals surface area contributed by atoms with E-state index in [4.69, 9.17) is 9.47 Å². The minimum Gasteiger partial charge on any atom is -0.497 e. The molecule has 0 saturated carbocycles. The SMILES string of the molecule is COc1ccc(OCC(=O)N[C@@H]2CC(=O)N(c3ccc(C)cc3)C2)cc1. The second-order valence-electron chi connectivity index (χ2n) is 6.27. The molecule has 1 aliphatic heterocycles. The van der Waals surface area contributed by atoms with Crippen molar-refractivity contribution >= 4 is 17.5 Å². The number of hydrogen-bond donors (Lipinski definition) is 1. The number of hydrogen-bond acceptors (Lipinski definition) is 4. The van der Waals surface area contributed by atoms with Gasteiger partial charge in [0.2, 0.25) is 5.91 Å². The molecule has 0 aliphatic carbocycles. The summed E-state index contributed by atoms with van der Waals surface area (Å²) < 4.78 is 10.5. The van der Waals surface area contributed by atoms with Gasteiger partial charge in [-0.1, -0.05) is 17.7 Å². The van der Waals surface area contributed by atoms with Crippen molar-refractivity contribution in [3.63, 3.8) is 0 Å². The van der Waals surface area contributed by atoms with E-state index in [1.807, 2.05) is 31.2 Å². The van der Waals surface area contributed by atoms with Gasteiger partial charge in [0.25, 0.3) is 5.91 Å². The summed E-state index contributed by atoms with van der Waals surface area (Å²) in [4.78, 5) is 26.0. The van der Waals surface area contributed by atoms with Crippen LogP contribution in [0.4, 0.5) is 5.69 Å². The number of amides is 2. The molecular formula is C20H22N2O4. The van der Waals surface area contributed by atoms with Crippen LogP contribution in [0.5, 0.6) is 11.5 Å². The fourth-order valence-corrected chi connectivity index (χ4v) is 2.87. The van der Waals surface area contributed by atoms with Crippen LogP contribution in [-0.4, -0.2) is 38.1 Å². The largest absolute Gasteiger partial charge is 0.497 e. The van der Waals surface area contributed by atoms with Crippen LogP contribution in [-0.2, 0) is 9.59 Å². The van der Waals surface area contributed by atoms with Gasteiger partial charge in [-0.05, 0) is 43.3 Å². The van der Waals surface area contributed by atoms with Crippen molar-refractivity contribution in [1.82, 2.24) is 5.32 Å². The third-order valence-electron chi connectivity index (χ3n) is 4.27. The van der Waals surface area contributed by atoms with Gasteiger partial charge in [0.1, 0.15) is 11.5 Å². The molecule has 2 amide bonds. The van der Waals surface area contributed by atoms with E-state index in [1.165, 1.54) is 0 Å². The van der Waals surface area contributed by atoms with Gasteiger partial charge in [0, 0.05) is 18.7 Å². The van der Waals surface area contributed by atoms with Gasteiger partial charge in [-0.15, -0.1) is 0 Å². The molecule has 136 valence electrons. The third-order valence-corrected chi connectivity index (χ3v) is 4.27. The maximum atomic E-state index is 12.2. The number of benzene rings is 2. The van der Waals surface area contributed by atoms with Crippen molar-refractivity contribution in [2.75, 3.05) is 25.2 Å². The van der Waals surface area contributed by atoms with E-state index in [9.17, 15) is 9.59 Å². The molecule has 6 nitrogen and oxygen atoms in total. The maximum Gasteiger partial charge on any atom is 0.258 e. The lowest BCUT2D eigenvalue weighted by molar-refractivity contribution is -0.123. The Balaban J connectivity index is 1.50. The van der Waals surface area contributed by atoms with E-state index in [1.54, 1.807) is 36.3 Å². The summed E-state index contributed by atoms with van der Waals surface area (Å²) in [5, 5.41) is 2.86. The Morgan fingerprint density at radius 1 is 1.12 bits per heavy atom. The van der Waals surface area contributed by atoms with Crippen LogP contribution < -0.4 is 19.7 Å². The first-order chi connectivity index (χ1) is 12.5. The van der Waals surface area contributed by atoms with Crippen LogP contribution in [0.15, 0.2) is 48.5 Å². The Bertz CT molecular complexity index is 771. The Morgan fingerprint density at radius 3 is 2.42 bits per heavy atom. The average molecular weight is 354 g/mol. The first-order valence-corrected chi connectivity index (χ1v) is 8.48. The van der Waals surface area contributed by atoms with Crippen LogP contribution in [0.1, 0.15) is 12.0 Å². The van der Waals surface area contributed by atoms with Gasteiger partial charge in [0.05, 0.1) is 13.2 Å². The fourth-order valence-electron chi connectivity index (χ4n) is 2.87. The maximum absolute atomic E-state index is 12.2. The number of anilines is 1. The molecule has 2 aromatic carbocycles. The summed E-state index contributed by atoms with van der Waals surface area (Å²) in [6, 6.07) is 14.6. The Hall–Kier alpha value is -3.02. The van der Waals surface area contributed by atoms with Gasteiger partial charge in [0.15, 0.2) is 6.61 Å². The van der Waals surface area contributed by atoms with Gasteiger partial charge >= 0.3 is 0 Å². The number of carbonyl (C=O) groups is 2. The van der Waals surface area contributed by atoms with Crippen molar-refractivity contribution < 1.29 is 19.1 Å². The van der Waals surface area contributed by atoms with Gasteiger partial charge < -0.3 is 19.7 Å². The number of carbonyl (C=O) groups excluding carboxylic acids is 2. The van der Waals surface area contributed by atoms with Crippen molar-refractivity contribution in [1.29, 1.82) is 0 Å². The normalized spacial score (nSPS) is 16.5. The molecule has 2 aromatic rings. The smallest absolute Gasteiger partial charge is 0.258 e. The molecule has 0 spiro atoms. The molecule has 1 aliphatic rings. The molecular weight excluding hydrogens is 332 g/mol. The molecule has 1 atom stereocenters. The summed E-state index contributed by atoms with van der Waals surface area (Å²) in [7, 11) is 1.59. The lowest BCUT2D eigenvalue weighted by atomic mass is 10.2. The van der Waals surface area contributed by atoms with Crippen molar-refractivity contribution in [3.8, 4) is 11.5 Å². The topological polar surface area (TPSA) is 67.9 Å². The zero-order valence-corrected chi connectivity index (χ0v) is 14.9. The molecule has 26 heavy (non-hydrogen) atoms. The van der Waals surface area contributed by atoms with Crippen LogP contribution >= 0.6 is 0 Å². The zero-order valence-electron chi connectivity index (χ0n) is 14.9. The Kier molecular flexibility index (Phi) is 5.41. The van der Waals surface area contributed by atoms with Crippen molar-refractivity contribution in [2.24, 2.45) is 0 Å². The molecule has 1 N–H and O–H groups in total. The van der Waals surface area contributed by atoms with Gasteiger partial charge in [-0.25, -0.2) is 0 Å². The van der Waals surface area contributed by atoms with E-state index in [0.29, 0.717) is 18.7 Å². The second kappa shape index (κ2) is 7.91. The number of rotatable bonds is 6. The Morgan fingerprint density at radius 2 is 1.77 bits per heavy atom. The van der Waals surface area contributed by atoms with E-state index in [0.717, 1.165) is 17.0 Å². The molecule has 1 fully saturated rings. The predicted molar refractivity (Wildman–Crippen MR) is 98.6 cm³/mol. The standard InChI is InChI=1S/C20H22N2O4/c1-14-3-5-16(6-4-14)22-12-15(11-20(22)24)21-19(23)13-26-18-9-7-17(25-2)8-10-18/h3-10,15H,11-13H2,1-2H3,(H,21,23)/t15-/m1/s1. The molecule has 0 bridgehead atoms. The molecule has 6 heteroatoms. The van der Waals surface area contributed by atoms with E-state index in [-0.39, 0.29) is 24.5 Å². The van der Waals surface area contributed by atoms with E-state index < -0.39 is 0 Å². The van der Waals surface area contributed by atoms with Crippen molar-refractivity contribution in [3.05, 3.63) is 54.1 Å². The summed E-state index contributed by atoms with van der Waals surface area (Å²) >= 11 is 0. The number of aryl methyl sites for hydroxylation is 1. The predicted octanol–water partition coefficient (Wildman–Crippen LogP) is 2.30. The fraction of sp³-hybridized carbons (Fsp3) is 0.300. The van der Waals surface area contributed by atoms with E-state index in [2.05, 4.69) is 5.32 Å². The molecule has 3 rings (SSSR count). The average Bonchev–Trinajstić information content (AvgIpc) is 3.01. The van der Waals surface area contributed by atoms with Crippen LogP contribution in [0.2, 0.25) is 0 Å². The molecule has 0 unspecified atom stereocenters. The summed E-state index contributed by atoms with van der Waals surface area (Å²) in [5.74, 6) is 1.08. The highest BCUT2D eigenvalue weighted by Gasteiger charge is 2.31. The minimum absolute atomic E-state index is 0.00947. The lowest BCUT2D eigenvalue weighted by Crippen LogP contribution is -2.39. The summed E-state index contributed by atoms with van der Waals surface area (Å²) in [6.07, 6.45) is 0.294. The first-order valence-electron chi connectivity index (χ1n) is 8.48. The number of methoxy groups -OCH3 is 1. The molecule has 1 heterocycles. The number of nitrogens with one attached hydrogen (secondary N) is 1. The summed E-state index contributed by atoms with van der Waals surface area (Å²) in [6.45, 7) is 2.37. The van der Waals surface area contributed by atoms with E-state index >= 15 is 0 Å². The second-order valence-corrected chi connectivity index (χ2v) is 6.27.